The number of nitrogens with one attached hydrogen (secondary N) is 1. The molecule has 0 saturated carbocycles. The quantitative estimate of drug-likeness (QED) is 0.0124. The van der Waals surface area contributed by atoms with Crippen LogP contribution in [0.25, 0.3) is 33.4 Å². The predicted molar refractivity (Wildman–Crippen MR) is 460 cm³/mol. The average Bonchev–Trinajstić information content (AvgIpc) is 1.59. The first-order valence-corrected chi connectivity index (χ1v) is 64.9. The van der Waals surface area contributed by atoms with Crippen LogP contribution in [0.2, 0.25) is 29.6 Å². The summed E-state index contributed by atoms with van der Waals surface area (Å²) >= 11 is 5.27. The van der Waals surface area contributed by atoms with E-state index in [1.807, 2.05) is 112 Å². The van der Waals surface area contributed by atoms with Crippen molar-refractivity contribution in [3.05, 3.63) is 152 Å². The normalized spacial score (nSPS) is 15.1. The summed E-state index contributed by atoms with van der Waals surface area (Å²) in [7, 11) is 0. The number of aliphatic imine (C=N–C) groups is 1. The predicted octanol–water partition coefficient (Wildman–Crippen LogP) is 14.6. The van der Waals surface area contributed by atoms with Gasteiger partial charge in [-0.15, -0.1) is 45.3 Å². The van der Waals surface area contributed by atoms with Gasteiger partial charge in [-0.1, -0.05) is 116 Å². The zero-order chi connectivity index (χ0) is 78.0. The summed E-state index contributed by atoms with van der Waals surface area (Å²) < 4.78 is 7.92. The molecule has 0 aliphatic carbocycles. The molecule has 0 aromatic carbocycles. The molecule has 0 bridgehead atoms. The van der Waals surface area contributed by atoms with Crippen LogP contribution in [0, 0.1) is 0 Å². The number of carbonyl (C=O) groups excluding carboxylic acids is 6. The van der Waals surface area contributed by atoms with Crippen LogP contribution in [0.4, 0.5) is 0 Å². The van der Waals surface area contributed by atoms with Crippen molar-refractivity contribution < 1.29 is 153 Å². The summed E-state index contributed by atoms with van der Waals surface area (Å²) in [4.78, 5) is 116. The molecule has 0 unspecified atom stereocenters. The maximum atomic E-state index is 14.6. The van der Waals surface area contributed by atoms with E-state index in [-0.39, 0.29) is 146 Å². The van der Waals surface area contributed by atoms with Gasteiger partial charge in [-0.05, 0) is 71.5 Å². The maximum absolute atomic E-state index is 14.6. The van der Waals surface area contributed by atoms with E-state index < -0.39 is 36.8 Å². The number of fused-ring (bicyclic) bond motifs is 3. The number of nitrogens with zero attached hydrogens (tertiary/aromatic N) is 5. The van der Waals surface area contributed by atoms with Gasteiger partial charge in [-0.3, -0.25) is 19.2 Å². The number of aromatic hydroxyl groups is 1. The number of aromatic nitrogens is 1. The summed E-state index contributed by atoms with van der Waals surface area (Å²) in [6, 6.07) is 24.7. The monoisotopic (exact) mass is 1890 g/mol. The fourth-order valence-electron chi connectivity index (χ4n) is 14.3. The number of aromatic amines is 1. The van der Waals surface area contributed by atoms with Crippen molar-refractivity contribution >= 4 is 175 Å². The van der Waals surface area contributed by atoms with Crippen LogP contribution in [0.3, 0.4) is 0 Å². The van der Waals surface area contributed by atoms with Gasteiger partial charge in [0, 0.05) is 26.3 Å². The molecule has 7 aromatic heterocycles. The van der Waals surface area contributed by atoms with E-state index in [2.05, 4.69) is 96.5 Å². The van der Waals surface area contributed by atoms with E-state index in [0.29, 0.717) is 71.0 Å². The SMILES string of the molecule is C1CCOC1.CCCCCCCCN1C(=O)C2=C(c3cc[c]([Sn]([CH3])([CH3])[CH3])s3)N(CCCCCCCC)C(=O)C2=C1c1cc[c]([Sn]([CH3])([CH3])[CH3])s1.CCCCCCCCN1C(=O)C2=C(c3cccs3)N(CCCCCCCC)C(=O)C2=C1c1cccs1.O=C1N=C(c2cccs2)c2c(O)[nH]c(-c3cccs3)c21.O=CO[O-].[H-].[K+].[K+]. The van der Waals surface area contributed by atoms with Gasteiger partial charge in [-0.25, -0.2) is 4.99 Å². The van der Waals surface area contributed by atoms with Crippen molar-refractivity contribution in [2.75, 3.05) is 39.4 Å². The standard InChI is InChI=1S/C30H40N2O2S2.C30H38N2O2S2.C14H8N2O2S2.C4H8O.CH2O3.6CH3.2K.2Sn.H/c2*1-3-5-7-9-11-13-19-31-27(23-17-15-21-35-23)25-26(29(31)33)28(24-18-16-22-36-24)32(30(25)34)20-14-12-10-8-6-4-2;17-13-9-10(12(16-13)8-4-2-6-20-8)14(18)15-11(9)7-3-1-5-19-7;1-2-4-5-3-1;2-1-4-3;;;;;;;;;;;/h15-18,21-22H,3-14,19-20H2,1-2H3;15-18H,3-14,19-20H2,1-2H3;1-6,15,18H;1-4H2;1,3H;6*1H3;;;;;/q;;;;;;;;;;;2*+1;;;-1/p-1. The molecule has 0 atom stereocenters. The Labute approximate surface area is 778 Å². The fraction of sp³-hybridized carbons (Fsp3) is 0.494. The Morgan fingerprint density at radius 3 is 1.05 bits per heavy atom. The van der Waals surface area contributed by atoms with Crippen molar-refractivity contribution in [3.8, 4) is 16.5 Å². The van der Waals surface area contributed by atoms with Crippen LogP contribution in [0.5, 0.6) is 5.88 Å². The Morgan fingerprint density at radius 2 is 0.766 bits per heavy atom. The molecule has 16 nitrogen and oxygen atoms in total. The summed E-state index contributed by atoms with van der Waals surface area (Å²) in [5.41, 5.74) is 8.24. The third-order valence-electron chi connectivity index (χ3n) is 20.0. The molecule has 1 saturated heterocycles. The van der Waals surface area contributed by atoms with E-state index in [4.69, 9.17) is 14.8 Å². The van der Waals surface area contributed by atoms with Gasteiger partial charge in [0.25, 0.3) is 24.2 Å². The minimum atomic E-state index is -2.32. The Kier molecular flexibility index (Phi) is 42.1. The minimum absolute atomic E-state index is 0. The van der Waals surface area contributed by atoms with E-state index in [1.165, 1.54) is 144 Å². The number of H-pyrrole nitrogens is 1. The van der Waals surface area contributed by atoms with Crippen molar-refractivity contribution in [1.29, 1.82) is 0 Å². The Bertz CT molecular complexity index is 4100. The molecule has 5 amide bonds. The molecule has 2 N–H and O–H groups in total. The number of unbranched alkanes of at least 4 members (excludes halogenated alkanes) is 20. The second-order valence-electron chi connectivity index (χ2n) is 30.4. The molecule has 13 heterocycles. The Hall–Kier alpha value is -2.28. The first-order chi connectivity index (χ1) is 52.7. The molecule has 13 rings (SSSR count). The summed E-state index contributed by atoms with van der Waals surface area (Å²) in [5, 5.41) is 26.5. The number of amides is 5. The molecule has 0 radical (unpaired) electrons. The average molecular weight is 1890 g/mol. The Balaban J connectivity index is 0.000000256. The van der Waals surface area contributed by atoms with Crippen LogP contribution in [-0.2, 0) is 33.6 Å². The summed E-state index contributed by atoms with van der Waals surface area (Å²) in [6.45, 7) is 13.5. The van der Waals surface area contributed by atoms with E-state index >= 15 is 0 Å². The first kappa shape index (κ1) is 95.9. The van der Waals surface area contributed by atoms with Crippen LogP contribution >= 0.6 is 68.0 Å². The molecule has 6 aliphatic rings. The first-order valence-electron chi connectivity index (χ1n) is 39.8. The number of rotatable bonds is 37. The van der Waals surface area contributed by atoms with Gasteiger partial charge in [-0.2, -0.15) is 0 Å². The fourth-order valence-corrected chi connectivity index (χ4v) is 30.0. The molecule has 1 fully saturated rings. The van der Waals surface area contributed by atoms with E-state index in [0.717, 1.165) is 117 Å². The van der Waals surface area contributed by atoms with Crippen LogP contribution in [0.15, 0.2) is 122 Å². The molecule has 0 spiro atoms. The van der Waals surface area contributed by atoms with E-state index in [1.54, 1.807) is 22.7 Å². The molecule has 26 heteroatoms. The molecular formula is C85H114K2N6O10S6Sn2. The topological polar surface area (TPSA) is 205 Å². The summed E-state index contributed by atoms with van der Waals surface area (Å²) in [6.07, 6.45) is 30.8. The minimum Gasteiger partial charge on any atom is -1.00 e. The Morgan fingerprint density at radius 1 is 0.459 bits per heavy atom. The second-order valence-corrected chi connectivity index (χ2v) is 67.2. The third kappa shape index (κ3) is 25.4. The summed E-state index contributed by atoms with van der Waals surface area (Å²) in [5.74, 6) is -0.209. The zero-order valence-electron chi connectivity index (χ0n) is 68.7. The number of thiophene rings is 6. The molecular weight excluding hydrogens is 1770 g/mol. The molecule has 6 aliphatic heterocycles. The van der Waals surface area contributed by atoms with Gasteiger partial charge >= 0.3 is 376 Å². The van der Waals surface area contributed by atoms with Crippen molar-refractivity contribution in [2.45, 2.75) is 224 Å². The smallest absolute Gasteiger partial charge is 1.00 e. The van der Waals surface area contributed by atoms with Gasteiger partial charge in [0.1, 0.15) is 0 Å². The van der Waals surface area contributed by atoms with E-state index in [9.17, 15) is 29.1 Å². The van der Waals surface area contributed by atoms with Crippen molar-refractivity contribution in [3.63, 3.8) is 0 Å². The van der Waals surface area contributed by atoms with Gasteiger partial charge in [0.15, 0.2) is 5.88 Å². The number of ether oxygens (including phenoxy) is 1. The van der Waals surface area contributed by atoms with Crippen LogP contribution < -0.4 is 114 Å². The third-order valence-corrected chi connectivity index (χ3v) is 44.7. The van der Waals surface area contributed by atoms with Crippen LogP contribution in [0.1, 0.15) is 236 Å². The zero-order valence-corrected chi connectivity index (χ0v) is 84.6. The van der Waals surface area contributed by atoms with Gasteiger partial charge in [0.2, 0.25) is 0 Å². The number of hydrogen-bond donors (Lipinski definition) is 2. The second kappa shape index (κ2) is 48.7. The molecule has 590 valence electrons. The van der Waals surface area contributed by atoms with Crippen LogP contribution in [-0.4, -0.2) is 148 Å². The number of hydrogen-bond acceptors (Lipinski definition) is 16. The largest absolute Gasteiger partial charge is 1.00 e. The molecule has 111 heavy (non-hydrogen) atoms. The van der Waals surface area contributed by atoms with Crippen molar-refractivity contribution in [2.24, 2.45) is 4.99 Å². The van der Waals surface area contributed by atoms with Crippen molar-refractivity contribution in [1.82, 2.24) is 24.6 Å². The maximum Gasteiger partial charge on any atom is 1.00 e. The number of carbonyl (C=O) groups is 6. The van der Waals surface area contributed by atoms with Gasteiger partial charge < -0.3 is 36.2 Å². The van der Waals surface area contributed by atoms with Gasteiger partial charge in [0.05, 0.1) is 64.6 Å². The molecule has 7 aromatic rings.